The molecule has 0 saturated heterocycles. The quantitative estimate of drug-likeness (QED) is 0.124. The van der Waals surface area contributed by atoms with Gasteiger partial charge in [0.05, 0.1) is 44.1 Å². The molecule has 142 heavy (non-hydrogen) atoms. The SMILES string of the molecule is Cc1cc(-c2ccc3oc4cc5c(cc4c3c2)c2ccccc2n5-c2ccccc2)cc(-c2ncncn2)c1.Cc1ccc(-n2c3ccccc3c3cc4c(cc32)oc2ccc(-c3ncncn3)cc24)cc1.c1ccc(-n2c3ccccc3c3cc4c(cc32)oc2ccc(-c3cccc(-c5ncncn5)c3)cc24)cc1.c1ccc(-n2c3ccccc3c3cc4c(cc32)oc2ccc(-c3ncncn3)cc24)cc1. The fraction of sp³-hybridized carbons (Fsp3) is 0.0164. The second-order valence-electron chi connectivity index (χ2n) is 35.5. The van der Waals surface area contributed by atoms with Gasteiger partial charge in [-0.3, -0.25) is 0 Å². The minimum atomic E-state index is 0.651. The molecule has 0 spiro atoms. The molecule has 30 aromatic rings. The van der Waals surface area contributed by atoms with E-state index in [4.69, 9.17) is 17.7 Å². The van der Waals surface area contributed by atoms with Crippen molar-refractivity contribution in [3.05, 3.63) is 438 Å². The zero-order valence-electron chi connectivity index (χ0n) is 76.2. The normalized spacial score (nSPS) is 11.7. The molecule has 20 nitrogen and oxygen atoms in total. The van der Waals surface area contributed by atoms with Crippen LogP contribution in [0, 0.1) is 13.8 Å². The van der Waals surface area contributed by atoms with Crippen molar-refractivity contribution >= 4 is 175 Å². The molecule has 12 heterocycles. The van der Waals surface area contributed by atoms with Crippen molar-refractivity contribution in [2.24, 2.45) is 0 Å². The monoisotopic (exact) mass is 1830 g/mol. The van der Waals surface area contributed by atoms with Gasteiger partial charge in [0.2, 0.25) is 0 Å². The topological polar surface area (TPSA) is 227 Å². The van der Waals surface area contributed by atoms with Gasteiger partial charge in [-0.25, -0.2) is 59.8 Å². The Morgan fingerprint density at radius 2 is 0.408 bits per heavy atom. The molecular weight excluding hydrogens is 1750 g/mol. The van der Waals surface area contributed by atoms with E-state index in [0.717, 1.165) is 183 Å². The van der Waals surface area contributed by atoms with Crippen LogP contribution in [0.25, 0.3) is 266 Å². The Labute approximate surface area is 807 Å². The van der Waals surface area contributed by atoms with Crippen molar-refractivity contribution in [2.75, 3.05) is 0 Å². The molecular formula is C122H76N16O4. The van der Waals surface area contributed by atoms with Crippen molar-refractivity contribution in [3.63, 3.8) is 0 Å². The van der Waals surface area contributed by atoms with E-state index in [0.29, 0.717) is 23.3 Å². The van der Waals surface area contributed by atoms with Gasteiger partial charge in [0.15, 0.2) is 23.3 Å². The van der Waals surface area contributed by atoms with E-state index < -0.39 is 0 Å². The van der Waals surface area contributed by atoms with Gasteiger partial charge in [-0.1, -0.05) is 181 Å². The van der Waals surface area contributed by atoms with E-state index in [1.165, 1.54) is 121 Å². The Bertz CT molecular complexity index is 10200. The molecule has 0 radical (unpaired) electrons. The predicted molar refractivity (Wildman–Crippen MR) is 568 cm³/mol. The molecule has 0 aliphatic carbocycles. The van der Waals surface area contributed by atoms with Crippen LogP contribution in [0.15, 0.2) is 444 Å². The summed E-state index contributed by atoms with van der Waals surface area (Å²) in [5.41, 5.74) is 31.4. The molecule has 0 fully saturated rings. The second kappa shape index (κ2) is 33.7. The van der Waals surface area contributed by atoms with E-state index >= 15 is 0 Å². The number of hydrogen-bond donors (Lipinski definition) is 0. The number of fused-ring (bicyclic) bond motifs is 24. The molecule has 668 valence electrons. The second-order valence-corrected chi connectivity index (χ2v) is 35.5. The van der Waals surface area contributed by atoms with Gasteiger partial charge in [-0.05, 0) is 218 Å². The molecule has 30 rings (SSSR count). The van der Waals surface area contributed by atoms with Crippen molar-refractivity contribution in [3.8, 4) is 90.6 Å². The van der Waals surface area contributed by atoms with Crippen LogP contribution in [0.4, 0.5) is 0 Å². The predicted octanol–water partition coefficient (Wildman–Crippen LogP) is 30.1. The van der Waals surface area contributed by atoms with E-state index in [1.807, 2.05) is 54.6 Å². The largest absolute Gasteiger partial charge is 0.456 e. The van der Waals surface area contributed by atoms with Gasteiger partial charge in [0.1, 0.15) is 95.3 Å². The summed E-state index contributed by atoms with van der Waals surface area (Å²) in [7, 11) is 0. The van der Waals surface area contributed by atoms with Crippen LogP contribution in [-0.2, 0) is 0 Å². The molecule has 0 amide bonds. The first-order chi connectivity index (χ1) is 70.2. The van der Waals surface area contributed by atoms with Crippen LogP contribution < -0.4 is 0 Å². The maximum absolute atomic E-state index is 6.41. The summed E-state index contributed by atoms with van der Waals surface area (Å²) >= 11 is 0. The summed E-state index contributed by atoms with van der Waals surface area (Å²) in [6.07, 6.45) is 12.2. The summed E-state index contributed by atoms with van der Waals surface area (Å²) in [6, 6.07) is 132. The fourth-order valence-corrected chi connectivity index (χ4v) is 20.6. The van der Waals surface area contributed by atoms with Gasteiger partial charge in [-0.15, -0.1) is 0 Å². The lowest BCUT2D eigenvalue weighted by Gasteiger charge is -2.08. The lowest BCUT2D eigenvalue weighted by molar-refractivity contribution is 0.669. The summed E-state index contributed by atoms with van der Waals surface area (Å²) < 4.78 is 34.6. The van der Waals surface area contributed by atoms with E-state index in [9.17, 15) is 0 Å². The van der Waals surface area contributed by atoms with Crippen molar-refractivity contribution in [1.29, 1.82) is 0 Å². The smallest absolute Gasteiger partial charge is 0.162 e. The molecule has 0 aliphatic heterocycles. The van der Waals surface area contributed by atoms with Gasteiger partial charge in [-0.2, -0.15) is 0 Å². The molecule has 0 N–H and O–H groups in total. The minimum Gasteiger partial charge on any atom is -0.456 e. The first kappa shape index (κ1) is 81.9. The lowest BCUT2D eigenvalue weighted by Crippen LogP contribution is -1.93. The number of aromatic nitrogens is 16. The van der Waals surface area contributed by atoms with Crippen LogP contribution in [0.3, 0.4) is 0 Å². The maximum atomic E-state index is 6.41. The van der Waals surface area contributed by atoms with Crippen LogP contribution in [0.5, 0.6) is 0 Å². The maximum Gasteiger partial charge on any atom is 0.162 e. The first-order valence-electron chi connectivity index (χ1n) is 46.7. The third-order valence-corrected chi connectivity index (χ3v) is 27.0. The lowest BCUT2D eigenvalue weighted by atomic mass is 9.98. The van der Waals surface area contributed by atoms with Gasteiger partial charge < -0.3 is 35.9 Å². The van der Waals surface area contributed by atoms with E-state index in [2.05, 4.69) is 413 Å². The number of benzene rings is 18. The highest BCUT2D eigenvalue weighted by molar-refractivity contribution is 6.23. The number of nitrogens with zero attached hydrogens (tertiary/aromatic N) is 16. The van der Waals surface area contributed by atoms with Crippen molar-refractivity contribution in [2.45, 2.75) is 13.8 Å². The van der Waals surface area contributed by atoms with Gasteiger partial charge in [0, 0.05) is 155 Å². The summed E-state index contributed by atoms with van der Waals surface area (Å²) in [5.74, 6) is 2.63. The Morgan fingerprint density at radius 3 is 0.754 bits per heavy atom. The van der Waals surface area contributed by atoms with Gasteiger partial charge >= 0.3 is 0 Å². The molecule has 0 atom stereocenters. The van der Waals surface area contributed by atoms with E-state index in [1.54, 1.807) is 0 Å². The van der Waals surface area contributed by atoms with E-state index in [-0.39, 0.29) is 0 Å². The number of hydrogen-bond acceptors (Lipinski definition) is 16. The fourth-order valence-electron chi connectivity index (χ4n) is 20.6. The van der Waals surface area contributed by atoms with Crippen molar-refractivity contribution in [1.82, 2.24) is 78.1 Å². The molecule has 0 bridgehead atoms. The number of rotatable bonds is 10. The third-order valence-electron chi connectivity index (χ3n) is 27.0. The molecule has 12 aromatic heterocycles. The highest BCUT2D eigenvalue weighted by atomic mass is 16.3. The van der Waals surface area contributed by atoms with Gasteiger partial charge in [0.25, 0.3) is 0 Å². The van der Waals surface area contributed by atoms with Crippen LogP contribution >= 0.6 is 0 Å². The molecule has 20 heteroatoms. The average molecular weight is 1830 g/mol. The van der Waals surface area contributed by atoms with Crippen LogP contribution in [-0.4, -0.2) is 78.1 Å². The molecule has 0 saturated carbocycles. The highest BCUT2D eigenvalue weighted by Crippen LogP contribution is 2.47. The number of para-hydroxylation sites is 7. The zero-order chi connectivity index (χ0) is 94.0. The third kappa shape index (κ3) is 14.1. The minimum absolute atomic E-state index is 0.651. The molecule has 18 aromatic carbocycles. The highest BCUT2D eigenvalue weighted by Gasteiger charge is 2.25. The zero-order valence-corrected chi connectivity index (χ0v) is 76.2. The Hall–Kier alpha value is -19.6. The summed E-state index contributed by atoms with van der Waals surface area (Å²) in [5, 5.41) is 18.4. The molecule has 0 unspecified atom stereocenters. The van der Waals surface area contributed by atoms with Crippen LogP contribution in [0.1, 0.15) is 11.1 Å². The Balaban J connectivity index is 0.0000000950. The first-order valence-corrected chi connectivity index (χ1v) is 46.7. The Morgan fingerprint density at radius 1 is 0.155 bits per heavy atom. The number of aryl methyl sites for hydroxylation is 2. The van der Waals surface area contributed by atoms with Crippen LogP contribution in [0.2, 0.25) is 0 Å². The standard InChI is InChI=1S/C34H22N4O.C33H20N4O.C28H18N4O.C27H16N4O/c1-21-13-23(15-24(14-21)34-36-19-35-20-37-34)22-11-12-32-28(16-22)29-17-27-26-9-5-6-10-30(26)38(25-7-3-2-4-8-25)31(27)18-33(29)39-32;1-2-9-24(10-3-1)37-29-12-5-4-11-25(29)26-17-28-27-16-22(13-14-31(27)38-32(28)18-30(26)37)21-7-6-8-23(15-21)33-35-19-34-20-36-33;1-17-6-9-19(10-7-17)32-24-5-3-2-4-20(24)21-13-23-22-12-18(28-30-15-29-16-31-28)8-11-26(22)33-27(23)14-25(21)32;1-2-6-18(7-3-1)31-23-9-5-4-8-19(23)20-13-22-21-12-17(27-29-15-28-16-30-27)10-11-25(21)32-26(22)14-24(20)31/h2-20H,1H3;1-20H;2-16H,1H3;1-16H. The average Bonchev–Trinajstić information content (AvgIpc) is 1.58. The van der Waals surface area contributed by atoms with Crippen molar-refractivity contribution < 1.29 is 17.7 Å². The molecule has 0 aliphatic rings. The summed E-state index contributed by atoms with van der Waals surface area (Å²) in [6.45, 7) is 4.21. The summed E-state index contributed by atoms with van der Waals surface area (Å²) in [4.78, 5) is 50.2. The Kier molecular flexibility index (Phi) is 19.5. The number of furan rings is 4.